The second-order valence-corrected chi connectivity index (χ2v) is 5.82. The van der Waals surface area contributed by atoms with Gasteiger partial charge in [0.25, 0.3) is 5.91 Å². The standard InChI is InChI=1S/C16H18F3N3O4/c17-16(18,19)12-3-1-2-11(8-12)15(26)22-6-4-21(5-7-22)10-13(23)20-9-14(24)25/h1-3,8H,4-7,9-10H2,(H,20,23)(H,24,25). The number of benzene rings is 1. The number of carboxylic acids is 1. The maximum Gasteiger partial charge on any atom is 0.416 e. The number of hydrogen-bond donors (Lipinski definition) is 2. The van der Waals surface area contributed by atoms with E-state index in [1.807, 2.05) is 0 Å². The molecule has 0 aromatic heterocycles. The lowest BCUT2D eigenvalue weighted by atomic mass is 10.1. The van der Waals surface area contributed by atoms with Crippen LogP contribution in [0.15, 0.2) is 24.3 Å². The quantitative estimate of drug-likeness (QED) is 0.792. The van der Waals surface area contributed by atoms with Gasteiger partial charge in [-0.1, -0.05) is 6.07 Å². The number of alkyl halides is 3. The van der Waals surface area contributed by atoms with Crippen molar-refractivity contribution in [2.24, 2.45) is 0 Å². The molecule has 2 rings (SSSR count). The van der Waals surface area contributed by atoms with Crippen molar-refractivity contribution >= 4 is 17.8 Å². The molecule has 1 aromatic rings. The second kappa shape index (κ2) is 8.17. The number of nitrogens with zero attached hydrogens (tertiary/aromatic N) is 2. The van der Waals surface area contributed by atoms with Crippen LogP contribution in [-0.2, 0) is 15.8 Å². The van der Waals surface area contributed by atoms with E-state index >= 15 is 0 Å². The van der Waals surface area contributed by atoms with E-state index in [0.717, 1.165) is 12.1 Å². The van der Waals surface area contributed by atoms with Gasteiger partial charge >= 0.3 is 12.1 Å². The van der Waals surface area contributed by atoms with Gasteiger partial charge in [-0.25, -0.2) is 0 Å². The molecule has 0 unspecified atom stereocenters. The van der Waals surface area contributed by atoms with Crippen LogP contribution in [0.2, 0.25) is 0 Å². The molecule has 2 N–H and O–H groups in total. The Hall–Kier alpha value is -2.62. The van der Waals surface area contributed by atoms with E-state index in [0.29, 0.717) is 13.1 Å². The van der Waals surface area contributed by atoms with Crippen LogP contribution in [0.4, 0.5) is 13.2 Å². The third-order valence-electron chi connectivity index (χ3n) is 3.90. The molecule has 1 aliphatic heterocycles. The molecular formula is C16H18F3N3O4. The van der Waals surface area contributed by atoms with E-state index in [4.69, 9.17) is 5.11 Å². The van der Waals surface area contributed by atoms with Gasteiger partial charge in [0.1, 0.15) is 6.54 Å². The van der Waals surface area contributed by atoms with Crippen molar-refractivity contribution in [2.45, 2.75) is 6.18 Å². The van der Waals surface area contributed by atoms with Crippen molar-refractivity contribution < 1.29 is 32.7 Å². The Balaban J connectivity index is 1.88. The molecule has 1 heterocycles. The maximum absolute atomic E-state index is 12.8. The number of hydrogen-bond acceptors (Lipinski definition) is 4. The monoisotopic (exact) mass is 373 g/mol. The Morgan fingerprint density at radius 2 is 1.77 bits per heavy atom. The zero-order valence-electron chi connectivity index (χ0n) is 13.8. The highest BCUT2D eigenvalue weighted by atomic mass is 19.4. The molecule has 2 amide bonds. The fourth-order valence-corrected chi connectivity index (χ4v) is 2.55. The maximum atomic E-state index is 12.8. The summed E-state index contributed by atoms with van der Waals surface area (Å²) in [4.78, 5) is 37.5. The number of rotatable bonds is 5. The van der Waals surface area contributed by atoms with Crippen LogP contribution in [0.5, 0.6) is 0 Å². The largest absolute Gasteiger partial charge is 0.480 e. The average Bonchev–Trinajstić information content (AvgIpc) is 2.59. The number of nitrogens with one attached hydrogen (secondary N) is 1. The van der Waals surface area contributed by atoms with Gasteiger partial charge in [-0.2, -0.15) is 13.2 Å². The number of carbonyl (C=O) groups excluding carboxylic acids is 2. The van der Waals surface area contributed by atoms with E-state index in [1.54, 1.807) is 4.90 Å². The van der Waals surface area contributed by atoms with Crippen LogP contribution in [0, 0.1) is 0 Å². The molecule has 0 bridgehead atoms. The molecule has 0 atom stereocenters. The SMILES string of the molecule is O=C(O)CNC(=O)CN1CCN(C(=O)c2cccc(C(F)(F)F)c2)CC1. The molecule has 0 radical (unpaired) electrons. The summed E-state index contributed by atoms with van der Waals surface area (Å²) in [7, 11) is 0. The van der Waals surface area contributed by atoms with Gasteiger partial charge in [0.15, 0.2) is 0 Å². The molecule has 0 spiro atoms. The van der Waals surface area contributed by atoms with Crippen molar-refractivity contribution in [3.63, 3.8) is 0 Å². The first kappa shape index (κ1) is 19.7. The van der Waals surface area contributed by atoms with Gasteiger partial charge in [0, 0.05) is 31.7 Å². The number of carbonyl (C=O) groups is 3. The fourth-order valence-electron chi connectivity index (χ4n) is 2.55. The third-order valence-corrected chi connectivity index (χ3v) is 3.90. The van der Waals surface area contributed by atoms with E-state index in [1.165, 1.54) is 17.0 Å². The number of aliphatic carboxylic acids is 1. The van der Waals surface area contributed by atoms with Gasteiger partial charge < -0.3 is 15.3 Å². The van der Waals surface area contributed by atoms with Crippen LogP contribution >= 0.6 is 0 Å². The van der Waals surface area contributed by atoms with E-state index in [9.17, 15) is 27.6 Å². The minimum absolute atomic E-state index is 0.00112. The lowest BCUT2D eigenvalue weighted by Crippen LogP contribution is -2.51. The molecule has 7 nitrogen and oxygen atoms in total. The minimum Gasteiger partial charge on any atom is -0.480 e. The van der Waals surface area contributed by atoms with E-state index in [-0.39, 0.29) is 25.2 Å². The highest BCUT2D eigenvalue weighted by molar-refractivity contribution is 5.94. The Morgan fingerprint density at radius 3 is 2.35 bits per heavy atom. The van der Waals surface area contributed by atoms with Crippen LogP contribution in [-0.4, -0.2) is 72.0 Å². The molecule has 1 aliphatic rings. The van der Waals surface area contributed by atoms with Crippen LogP contribution in [0.1, 0.15) is 15.9 Å². The van der Waals surface area contributed by atoms with Crippen molar-refractivity contribution in [3.8, 4) is 0 Å². The Labute approximate surface area is 147 Å². The van der Waals surface area contributed by atoms with E-state index < -0.39 is 36.1 Å². The molecular weight excluding hydrogens is 355 g/mol. The first-order valence-electron chi connectivity index (χ1n) is 7.84. The van der Waals surface area contributed by atoms with Crippen molar-refractivity contribution in [3.05, 3.63) is 35.4 Å². The average molecular weight is 373 g/mol. The molecule has 142 valence electrons. The summed E-state index contributed by atoms with van der Waals surface area (Å²) in [5, 5.41) is 10.7. The molecule has 10 heteroatoms. The molecule has 1 fully saturated rings. The zero-order chi connectivity index (χ0) is 19.3. The molecule has 0 aliphatic carbocycles. The minimum atomic E-state index is -4.52. The summed E-state index contributed by atoms with van der Waals surface area (Å²) in [5.41, 5.74) is -0.912. The summed E-state index contributed by atoms with van der Waals surface area (Å²) in [5.74, 6) is -2.08. The molecule has 1 aromatic carbocycles. The normalized spacial score (nSPS) is 15.6. The third kappa shape index (κ3) is 5.45. The number of carboxylic acid groups (broad SMARTS) is 1. The van der Waals surface area contributed by atoms with Crippen molar-refractivity contribution in [2.75, 3.05) is 39.3 Å². The smallest absolute Gasteiger partial charge is 0.416 e. The van der Waals surface area contributed by atoms with Crippen LogP contribution < -0.4 is 5.32 Å². The lowest BCUT2D eigenvalue weighted by molar-refractivity contribution is -0.138. The molecule has 0 saturated carbocycles. The fraction of sp³-hybridized carbons (Fsp3) is 0.438. The van der Waals surface area contributed by atoms with E-state index in [2.05, 4.69) is 5.32 Å². The van der Waals surface area contributed by atoms with Gasteiger partial charge in [0.05, 0.1) is 12.1 Å². The Morgan fingerprint density at radius 1 is 1.12 bits per heavy atom. The summed E-state index contributed by atoms with van der Waals surface area (Å²) in [6.45, 7) is 0.796. The summed E-state index contributed by atoms with van der Waals surface area (Å²) < 4.78 is 38.3. The Bertz CT molecular complexity index is 686. The van der Waals surface area contributed by atoms with Crippen molar-refractivity contribution in [1.82, 2.24) is 15.1 Å². The van der Waals surface area contributed by atoms with Crippen LogP contribution in [0.25, 0.3) is 0 Å². The topological polar surface area (TPSA) is 89.9 Å². The van der Waals surface area contributed by atoms with Crippen molar-refractivity contribution in [1.29, 1.82) is 0 Å². The predicted octanol–water partition coefficient (Wildman–Crippen LogP) is 0.664. The summed E-state index contributed by atoms with van der Waals surface area (Å²) in [6.07, 6.45) is -4.52. The molecule has 1 saturated heterocycles. The number of amides is 2. The zero-order valence-corrected chi connectivity index (χ0v) is 13.8. The number of halogens is 3. The molecule has 26 heavy (non-hydrogen) atoms. The van der Waals surface area contributed by atoms with Gasteiger partial charge in [-0.15, -0.1) is 0 Å². The van der Waals surface area contributed by atoms with Crippen LogP contribution in [0.3, 0.4) is 0 Å². The number of piperazine rings is 1. The van der Waals surface area contributed by atoms with Gasteiger partial charge in [0.2, 0.25) is 5.91 Å². The van der Waals surface area contributed by atoms with Gasteiger partial charge in [-0.3, -0.25) is 19.3 Å². The second-order valence-electron chi connectivity index (χ2n) is 5.82. The highest BCUT2D eigenvalue weighted by Crippen LogP contribution is 2.29. The van der Waals surface area contributed by atoms with Gasteiger partial charge in [-0.05, 0) is 18.2 Å². The highest BCUT2D eigenvalue weighted by Gasteiger charge is 2.31. The summed E-state index contributed by atoms with van der Waals surface area (Å²) in [6, 6.07) is 4.26. The summed E-state index contributed by atoms with van der Waals surface area (Å²) >= 11 is 0. The first-order valence-corrected chi connectivity index (χ1v) is 7.84. The first-order chi connectivity index (χ1) is 12.2. The Kier molecular flexibility index (Phi) is 6.19. The predicted molar refractivity (Wildman–Crippen MR) is 84.4 cm³/mol. The lowest BCUT2D eigenvalue weighted by Gasteiger charge is -2.34.